The first-order valence-electron chi connectivity index (χ1n) is 8.77. The molecule has 142 valence electrons. The summed E-state index contributed by atoms with van der Waals surface area (Å²) in [5, 5.41) is 3.05. The molecule has 0 atom stereocenters. The van der Waals surface area contributed by atoms with E-state index < -0.39 is 17.1 Å². The van der Waals surface area contributed by atoms with E-state index in [2.05, 4.69) is 20.3 Å². The molecule has 28 heavy (non-hydrogen) atoms. The van der Waals surface area contributed by atoms with E-state index in [1.54, 1.807) is 18.2 Å². The Morgan fingerprint density at radius 3 is 2.54 bits per heavy atom. The van der Waals surface area contributed by atoms with Crippen LogP contribution in [0.5, 0.6) is 0 Å². The summed E-state index contributed by atoms with van der Waals surface area (Å²) in [6, 6.07) is 13.8. The highest BCUT2D eigenvalue weighted by Gasteiger charge is 2.14. The summed E-state index contributed by atoms with van der Waals surface area (Å²) in [7, 11) is 1.84. The third-order valence-corrected chi connectivity index (χ3v) is 4.58. The maximum Gasteiger partial charge on any atom is 0.330 e. The van der Waals surface area contributed by atoms with Crippen LogP contribution in [0.4, 0.5) is 10.1 Å². The Balaban J connectivity index is 1.69. The van der Waals surface area contributed by atoms with Crippen molar-refractivity contribution < 1.29 is 4.39 Å². The quantitative estimate of drug-likeness (QED) is 0.496. The molecule has 3 N–H and O–H groups in total. The first-order valence-corrected chi connectivity index (χ1v) is 8.77. The van der Waals surface area contributed by atoms with Gasteiger partial charge >= 0.3 is 5.69 Å². The minimum atomic E-state index is -0.628. The summed E-state index contributed by atoms with van der Waals surface area (Å²) in [6.45, 7) is -0.156. The lowest BCUT2D eigenvalue weighted by atomic mass is 10.1. The highest BCUT2D eigenvalue weighted by atomic mass is 19.1. The van der Waals surface area contributed by atoms with Crippen LogP contribution >= 0.6 is 0 Å². The van der Waals surface area contributed by atoms with Crippen LogP contribution in [-0.4, -0.2) is 26.6 Å². The number of anilines is 1. The molecule has 2 heterocycles. The SMILES string of the molecule is CNc1ccc(Cc2nc3[nH]c(=O)n(Cc4ccccc4F)c(=O)c3[nH]2)cc1. The van der Waals surface area contributed by atoms with Crippen molar-refractivity contribution in [3.05, 3.63) is 92.1 Å². The maximum absolute atomic E-state index is 13.9. The van der Waals surface area contributed by atoms with E-state index >= 15 is 0 Å². The summed E-state index contributed by atoms with van der Waals surface area (Å²) in [5.74, 6) is 0.0906. The molecule has 8 heteroatoms. The number of benzene rings is 2. The van der Waals surface area contributed by atoms with Gasteiger partial charge in [0.1, 0.15) is 17.2 Å². The van der Waals surface area contributed by atoms with E-state index in [4.69, 9.17) is 0 Å². The van der Waals surface area contributed by atoms with Gasteiger partial charge in [-0.2, -0.15) is 0 Å². The Labute approximate surface area is 158 Å². The summed E-state index contributed by atoms with van der Waals surface area (Å²) < 4.78 is 14.9. The molecule has 0 amide bonds. The number of hydrogen-bond acceptors (Lipinski definition) is 4. The van der Waals surface area contributed by atoms with Gasteiger partial charge in [-0.3, -0.25) is 14.3 Å². The van der Waals surface area contributed by atoms with Gasteiger partial charge in [0.25, 0.3) is 5.56 Å². The predicted octanol–water partition coefficient (Wildman–Crippen LogP) is 2.23. The van der Waals surface area contributed by atoms with E-state index in [0.29, 0.717) is 12.2 Å². The number of halogens is 1. The molecule has 0 bridgehead atoms. The fraction of sp³-hybridized carbons (Fsp3) is 0.150. The van der Waals surface area contributed by atoms with Crippen LogP contribution in [0.2, 0.25) is 0 Å². The smallest absolute Gasteiger partial charge is 0.330 e. The zero-order chi connectivity index (χ0) is 19.7. The van der Waals surface area contributed by atoms with Crippen molar-refractivity contribution in [1.29, 1.82) is 0 Å². The monoisotopic (exact) mass is 379 g/mol. The van der Waals surface area contributed by atoms with Crippen molar-refractivity contribution in [2.45, 2.75) is 13.0 Å². The van der Waals surface area contributed by atoms with E-state index in [1.165, 1.54) is 6.07 Å². The molecule has 0 saturated heterocycles. The molecular formula is C20H18FN5O2. The van der Waals surface area contributed by atoms with E-state index in [9.17, 15) is 14.0 Å². The lowest BCUT2D eigenvalue weighted by molar-refractivity contribution is 0.590. The number of imidazole rings is 1. The summed E-state index contributed by atoms with van der Waals surface area (Å²) >= 11 is 0. The molecule has 4 rings (SSSR count). The molecule has 0 saturated carbocycles. The minimum absolute atomic E-state index is 0.156. The Hall–Kier alpha value is -3.68. The molecule has 0 aliphatic carbocycles. The lowest BCUT2D eigenvalue weighted by Gasteiger charge is -2.05. The topological polar surface area (TPSA) is 95.6 Å². The molecule has 0 aliphatic heterocycles. The minimum Gasteiger partial charge on any atom is -0.388 e. The molecular weight excluding hydrogens is 361 g/mol. The van der Waals surface area contributed by atoms with Crippen molar-refractivity contribution >= 4 is 16.9 Å². The van der Waals surface area contributed by atoms with Crippen molar-refractivity contribution in [3.8, 4) is 0 Å². The molecule has 2 aromatic heterocycles. The third-order valence-electron chi connectivity index (χ3n) is 4.58. The standard InChI is InChI=1S/C20H18FN5O2/c1-22-14-8-6-12(7-9-14)10-16-23-17-18(24-16)25-20(28)26(19(17)27)11-13-4-2-3-5-15(13)21/h2-9,22H,10-11H2,1H3,(H,23,24)(H,25,28). The van der Waals surface area contributed by atoms with Gasteiger partial charge in [-0.15, -0.1) is 0 Å². The molecule has 7 nitrogen and oxygen atoms in total. The maximum atomic E-state index is 13.9. The second kappa shape index (κ2) is 7.15. The van der Waals surface area contributed by atoms with Crippen LogP contribution in [0.15, 0.2) is 58.1 Å². The molecule has 4 aromatic rings. The van der Waals surface area contributed by atoms with Crippen LogP contribution in [0.3, 0.4) is 0 Å². The van der Waals surface area contributed by atoms with Gasteiger partial charge in [-0.05, 0) is 23.8 Å². The van der Waals surface area contributed by atoms with Gasteiger partial charge in [0.2, 0.25) is 0 Å². The predicted molar refractivity (Wildman–Crippen MR) is 105 cm³/mol. The summed E-state index contributed by atoms with van der Waals surface area (Å²) in [5.41, 5.74) is 1.49. The normalized spacial score (nSPS) is 11.1. The van der Waals surface area contributed by atoms with Gasteiger partial charge < -0.3 is 10.3 Å². The molecule has 0 fully saturated rings. The van der Waals surface area contributed by atoms with E-state index in [1.807, 2.05) is 31.3 Å². The third kappa shape index (κ3) is 3.32. The van der Waals surface area contributed by atoms with Crippen molar-refractivity contribution in [2.24, 2.45) is 0 Å². The first-order chi connectivity index (χ1) is 13.5. The van der Waals surface area contributed by atoms with Crippen molar-refractivity contribution in [3.63, 3.8) is 0 Å². The zero-order valence-corrected chi connectivity index (χ0v) is 15.1. The molecule has 2 aromatic carbocycles. The molecule has 0 radical (unpaired) electrons. The summed E-state index contributed by atoms with van der Waals surface area (Å²) in [4.78, 5) is 35.0. The van der Waals surface area contributed by atoms with Crippen LogP contribution in [0, 0.1) is 5.82 Å². The van der Waals surface area contributed by atoms with Gasteiger partial charge in [-0.1, -0.05) is 30.3 Å². The van der Waals surface area contributed by atoms with Crippen molar-refractivity contribution in [2.75, 3.05) is 12.4 Å². The average molecular weight is 379 g/mol. The lowest BCUT2D eigenvalue weighted by Crippen LogP contribution is -2.35. The number of rotatable bonds is 5. The Morgan fingerprint density at radius 1 is 1.07 bits per heavy atom. The first kappa shape index (κ1) is 17.7. The van der Waals surface area contributed by atoms with Gasteiger partial charge in [0.05, 0.1) is 6.54 Å². The van der Waals surface area contributed by atoms with E-state index in [-0.39, 0.29) is 23.3 Å². The number of nitrogens with zero attached hydrogens (tertiary/aromatic N) is 2. The fourth-order valence-electron chi connectivity index (χ4n) is 3.07. The molecule has 0 unspecified atom stereocenters. The van der Waals surface area contributed by atoms with Crippen molar-refractivity contribution in [1.82, 2.24) is 19.5 Å². The number of fused-ring (bicyclic) bond motifs is 1. The number of nitrogens with one attached hydrogen (secondary N) is 3. The van der Waals surface area contributed by atoms with Gasteiger partial charge in [0, 0.05) is 24.7 Å². The Morgan fingerprint density at radius 2 is 1.82 bits per heavy atom. The number of aromatic nitrogens is 4. The second-order valence-corrected chi connectivity index (χ2v) is 6.44. The van der Waals surface area contributed by atoms with Crippen LogP contribution < -0.4 is 16.6 Å². The van der Waals surface area contributed by atoms with Gasteiger partial charge in [-0.25, -0.2) is 14.2 Å². The molecule has 0 aliphatic rings. The zero-order valence-electron chi connectivity index (χ0n) is 15.1. The number of hydrogen-bond donors (Lipinski definition) is 3. The molecule has 0 spiro atoms. The van der Waals surface area contributed by atoms with Crippen LogP contribution in [0.25, 0.3) is 11.2 Å². The number of H-pyrrole nitrogens is 2. The second-order valence-electron chi connectivity index (χ2n) is 6.44. The van der Waals surface area contributed by atoms with Gasteiger partial charge in [0.15, 0.2) is 5.65 Å². The number of aromatic amines is 2. The van der Waals surface area contributed by atoms with Crippen LogP contribution in [-0.2, 0) is 13.0 Å². The highest BCUT2D eigenvalue weighted by Crippen LogP contribution is 2.13. The van der Waals surface area contributed by atoms with E-state index in [0.717, 1.165) is 15.8 Å². The highest BCUT2D eigenvalue weighted by molar-refractivity contribution is 5.69. The van der Waals surface area contributed by atoms with Crippen LogP contribution in [0.1, 0.15) is 17.0 Å². The largest absolute Gasteiger partial charge is 0.388 e. The Kier molecular flexibility index (Phi) is 4.52. The average Bonchev–Trinajstić information content (AvgIpc) is 3.09. The Bertz CT molecular complexity index is 1250. The fourth-order valence-corrected chi connectivity index (χ4v) is 3.07. The summed E-state index contributed by atoms with van der Waals surface area (Å²) in [6.07, 6.45) is 0.480.